The van der Waals surface area contributed by atoms with E-state index in [0.29, 0.717) is 0 Å². The second-order valence-corrected chi connectivity index (χ2v) is 1.09. The monoisotopic (exact) mass is 136 g/mol. The first-order valence-electron chi connectivity index (χ1n) is 2.22. The molecule has 0 saturated heterocycles. The van der Waals surface area contributed by atoms with Crippen molar-refractivity contribution in [1.29, 1.82) is 0 Å². The standard InChI is InChI=1S/C4H5FO4/c1-2-8-3(6)4(7)9-5/h2H2,1H3. The van der Waals surface area contributed by atoms with E-state index in [1.54, 1.807) is 0 Å². The van der Waals surface area contributed by atoms with Crippen molar-refractivity contribution in [2.24, 2.45) is 0 Å². The number of halogens is 1. The zero-order valence-corrected chi connectivity index (χ0v) is 4.72. The minimum absolute atomic E-state index is 0.0218. The van der Waals surface area contributed by atoms with Crippen LogP contribution in [0.25, 0.3) is 0 Å². The SMILES string of the molecule is CCOC(=O)C(=O)OF. The molecule has 0 amide bonds. The first-order valence-corrected chi connectivity index (χ1v) is 2.22. The lowest BCUT2D eigenvalue weighted by Crippen LogP contribution is -2.17. The molecule has 0 rings (SSSR count). The first-order chi connectivity index (χ1) is 4.22. The lowest BCUT2D eigenvalue weighted by molar-refractivity contribution is -0.194. The quantitative estimate of drug-likeness (QED) is 0.375. The predicted molar refractivity (Wildman–Crippen MR) is 23.8 cm³/mol. The molecule has 0 aliphatic carbocycles. The number of hydrogen-bond donors (Lipinski definition) is 0. The highest BCUT2D eigenvalue weighted by atomic mass is 19.3. The summed E-state index contributed by atoms with van der Waals surface area (Å²) in [7, 11) is 0. The van der Waals surface area contributed by atoms with Crippen LogP contribution >= 0.6 is 0 Å². The van der Waals surface area contributed by atoms with Gasteiger partial charge in [0, 0.05) is 4.53 Å². The number of ether oxygens (including phenoxy) is 1. The molecule has 9 heavy (non-hydrogen) atoms. The normalized spacial score (nSPS) is 8.22. The Morgan fingerprint density at radius 2 is 2.00 bits per heavy atom. The molecular weight excluding hydrogens is 131 g/mol. The van der Waals surface area contributed by atoms with E-state index >= 15 is 0 Å². The molecule has 0 aliphatic rings. The smallest absolute Gasteiger partial charge is 0.456 e. The van der Waals surface area contributed by atoms with Gasteiger partial charge in [0.1, 0.15) is 0 Å². The molecule has 0 atom stereocenters. The molecule has 5 heteroatoms. The van der Waals surface area contributed by atoms with Crippen LogP contribution in [0.3, 0.4) is 0 Å². The summed E-state index contributed by atoms with van der Waals surface area (Å²) in [5, 5.41) is 0. The van der Waals surface area contributed by atoms with Crippen molar-refractivity contribution >= 4 is 11.9 Å². The Morgan fingerprint density at radius 1 is 1.44 bits per heavy atom. The van der Waals surface area contributed by atoms with E-state index in [4.69, 9.17) is 0 Å². The summed E-state index contributed by atoms with van der Waals surface area (Å²) >= 11 is 0. The molecule has 0 unspecified atom stereocenters. The fraction of sp³-hybridized carbons (Fsp3) is 0.500. The predicted octanol–water partition coefficient (Wildman–Crippen LogP) is -0.0228. The molecule has 4 nitrogen and oxygen atoms in total. The van der Waals surface area contributed by atoms with E-state index in [2.05, 4.69) is 9.68 Å². The number of carbonyl (C=O) groups is 2. The van der Waals surface area contributed by atoms with E-state index in [1.165, 1.54) is 6.92 Å². The second kappa shape index (κ2) is 3.82. The van der Waals surface area contributed by atoms with Gasteiger partial charge in [-0.05, 0) is 6.92 Å². The van der Waals surface area contributed by atoms with Crippen molar-refractivity contribution in [2.45, 2.75) is 6.92 Å². The first kappa shape index (κ1) is 7.87. The van der Waals surface area contributed by atoms with Gasteiger partial charge in [-0.2, -0.15) is 0 Å². The van der Waals surface area contributed by atoms with Crippen molar-refractivity contribution in [3.05, 3.63) is 0 Å². The second-order valence-electron chi connectivity index (χ2n) is 1.09. The van der Waals surface area contributed by atoms with Crippen LogP contribution in [-0.4, -0.2) is 18.5 Å². The zero-order valence-electron chi connectivity index (χ0n) is 4.72. The molecule has 52 valence electrons. The Kier molecular flexibility index (Phi) is 3.34. The highest BCUT2D eigenvalue weighted by Gasteiger charge is 2.16. The molecule has 0 aromatic rings. The molecule has 0 aromatic heterocycles. The van der Waals surface area contributed by atoms with Crippen LogP contribution in [0.1, 0.15) is 6.92 Å². The zero-order chi connectivity index (χ0) is 7.28. The minimum Gasteiger partial charge on any atom is -0.457 e. The summed E-state index contributed by atoms with van der Waals surface area (Å²) < 4.78 is 14.9. The highest BCUT2D eigenvalue weighted by Crippen LogP contribution is 1.83. The molecule has 0 N–H and O–H groups in total. The minimum atomic E-state index is -1.63. The van der Waals surface area contributed by atoms with Gasteiger partial charge >= 0.3 is 11.9 Å². The average molecular weight is 136 g/mol. The van der Waals surface area contributed by atoms with Crippen LogP contribution in [0.4, 0.5) is 4.53 Å². The fourth-order valence-electron chi connectivity index (χ4n) is 0.222. The van der Waals surface area contributed by atoms with Crippen molar-refractivity contribution in [3.8, 4) is 0 Å². The lowest BCUT2D eigenvalue weighted by Gasteiger charge is -1.93. The van der Waals surface area contributed by atoms with Gasteiger partial charge in [0.2, 0.25) is 0 Å². The summed E-state index contributed by atoms with van der Waals surface area (Å²) in [5.74, 6) is -2.95. The summed E-state index contributed by atoms with van der Waals surface area (Å²) in [4.78, 5) is 22.4. The number of hydrogen-bond acceptors (Lipinski definition) is 4. The maximum absolute atomic E-state index is 10.8. The molecule has 0 heterocycles. The van der Waals surface area contributed by atoms with Gasteiger partial charge in [0.05, 0.1) is 6.61 Å². The Balaban J connectivity index is 3.60. The van der Waals surface area contributed by atoms with E-state index in [0.717, 1.165) is 0 Å². The van der Waals surface area contributed by atoms with Gasteiger partial charge in [0.25, 0.3) is 0 Å². The van der Waals surface area contributed by atoms with Gasteiger partial charge in [0.15, 0.2) is 0 Å². The van der Waals surface area contributed by atoms with Crippen molar-refractivity contribution in [3.63, 3.8) is 0 Å². The summed E-state index contributed by atoms with van der Waals surface area (Å²) in [6.07, 6.45) is 0. The topological polar surface area (TPSA) is 52.6 Å². The summed E-state index contributed by atoms with van der Waals surface area (Å²) in [5.41, 5.74) is 0. The highest BCUT2D eigenvalue weighted by molar-refractivity contribution is 6.29. The van der Waals surface area contributed by atoms with Crippen LogP contribution in [0, 0.1) is 0 Å². The number of carbonyl (C=O) groups excluding carboxylic acids is 2. The van der Waals surface area contributed by atoms with Gasteiger partial charge in [-0.25, -0.2) is 14.5 Å². The summed E-state index contributed by atoms with van der Waals surface area (Å²) in [6.45, 7) is 1.51. The molecule has 0 aromatic carbocycles. The van der Waals surface area contributed by atoms with Crippen LogP contribution in [-0.2, 0) is 19.3 Å². The van der Waals surface area contributed by atoms with Gasteiger partial charge < -0.3 is 4.74 Å². The maximum Gasteiger partial charge on any atom is 0.456 e. The summed E-state index contributed by atoms with van der Waals surface area (Å²) in [6, 6.07) is 0. The Bertz CT molecular complexity index is 122. The molecule has 0 saturated carbocycles. The Morgan fingerprint density at radius 3 is 2.33 bits per heavy atom. The van der Waals surface area contributed by atoms with Crippen molar-refractivity contribution < 1.29 is 23.8 Å². The molecule has 0 radical (unpaired) electrons. The van der Waals surface area contributed by atoms with Gasteiger partial charge in [-0.15, -0.1) is 0 Å². The average Bonchev–Trinajstić information content (AvgIpc) is 1.87. The third kappa shape index (κ3) is 2.63. The van der Waals surface area contributed by atoms with Crippen LogP contribution in [0.2, 0.25) is 0 Å². The Labute approximate surface area is 50.5 Å². The van der Waals surface area contributed by atoms with Gasteiger partial charge in [-0.1, -0.05) is 0 Å². The van der Waals surface area contributed by atoms with E-state index in [9.17, 15) is 14.1 Å². The molecular formula is C4H5FO4. The third-order valence-corrected chi connectivity index (χ3v) is 0.512. The van der Waals surface area contributed by atoms with E-state index in [1.807, 2.05) is 0 Å². The van der Waals surface area contributed by atoms with Gasteiger partial charge in [-0.3, -0.25) is 0 Å². The molecule has 0 bridgehead atoms. The van der Waals surface area contributed by atoms with Crippen molar-refractivity contribution in [1.82, 2.24) is 0 Å². The largest absolute Gasteiger partial charge is 0.457 e. The maximum atomic E-state index is 10.8. The van der Waals surface area contributed by atoms with Crippen LogP contribution in [0.5, 0.6) is 0 Å². The van der Waals surface area contributed by atoms with E-state index < -0.39 is 11.9 Å². The number of rotatable bonds is 1. The van der Waals surface area contributed by atoms with Crippen LogP contribution < -0.4 is 0 Å². The number of esters is 1. The van der Waals surface area contributed by atoms with Crippen molar-refractivity contribution in [2.75, 3.05) is 6.61 Å². The molecule has 0 aliphatic heterocycles. The molecule has 0 fully saturated rings. The van der Waals surface area contributed by atoms with Crippen LogP contribution in [0.15, 0.2) is 0 Å². The lowest BCUT2D eigenvalue weighted by atomic mass is 10.7. The third-order valence-electron chi connectivity index (χ3n) is 0.512. The fourth-order valence-corrected chi connectivity index (χ4v) is 0.222. The molecule has 0 spiro atoms. The van der Waals surface area contributed by atoms with E-state index in [-0.39, 0.29) is 6.61 Å². The Hall–Kier alpha value is -1.13.